The largest absolute Gasteiger partial charge is 0.355 e. The lowest BCUT2D eigenvalue weighted by molar-refractivity contribution is 0.0905. The molecule has 23 heavy (non-hydrogen) atoms. The van der Waals surface area contributed by atoms with Crippen molar-refractivity contribution in [2.45, 2.75) is 19.4 Å². The molecule has 1 amide bonds. The lowest BCUT2D eigenvalue weighted by Gasteiger charge is -2.29. The number of amides is 1. The molecule has 3 rings (SSSR count). The Morgan fingerprint density at radius 3 is 3.00 bits per heavy atom. The van der Waals surface area contributed by atoms with E-state index in [1.165, 1.54) is 0 Å². The van der Waals surface area contributed by atoms with Crippen molar-refractivity contribution in [3.05, 3.63) is 41.0 Å². The van der Waals surface area contributed by atoms with E-state index in [-0.39, 0.29) is 24.4 Å². The van der Waals surface area contributed by atoms with Gasteiger partial charge in [-0.3, -0.25) is 4.79 Å². The topological polar surface area (TPSA) is 67.2 Å². The van der Waals surface area contributed by atoms with Gasteiger partial charge in [-0.05, 0) is 37.6 Å². The fourth-order valence-electron chi connectivity index (χ4n) is 2.63. The van der Waals surface area contributed by atoms with Crippen LogP contribution in [0.25, 0.3) is 11.3 Å². The molecule has 5 nitrogen and oxygen atoms in total. The molecule has 1 aromatic carbocycles. The van der Waals surface area contributed by atoms with Crippen LogP contribution in [0.3, 0.4) is 0 Å². The molecule has 2 atom stereocenters. The van der Waals surface area contributed by atoms with Gasteiger partial charge >= 0.3 is 0 Å². The predicted molar refractivity (Wildman–Crippen MR) is 92.1 cm³/mol. The summed E-state index contributed by atoms with van der Waals surface area (Å²) in [7, 11) is 0. The third-order valence-electron chi connectivity index (χ3n) is 3.95. The number of hydrogen-bond acceptors (Lipinski definition) is 4. The van der Waals surface area contributed by atoms with Crippen LogP contribution < -0.4 is 10.6 Å². The van der Waals surface area contributed by atoms with Gasteiger partial charge in [0.15, 0.2) is 11.5 Å². The second kappa shape index (κ2) is 7.81. The van der Waals surface area contributed by atoms with Crippen LogP contribution in [-0.2, 0) is 0 Å². The van der Waals surface area contributed by atoms with Crippen molar-refractivity contribution >= 4 is 29.9 Å². The molecule has 0 saturated carbocycles. The molecular weight excluding hydrogens is 337 g/mol. The smallest absolute Gasteiger partial charge is 0.273 e. The van der Waals surface area contributed by atoms with E-state index in [1.807, 2.05) is 12.1 Å². The van der Waals surface area contributed by atoms with Crippen molar-refractivity contribution in [1.82, 2.24) is 15.8 Å². The van der Waals surface area contributed by atoms with Gasteiger partial charge in [0, 0.05) is 22.7 Å². The number of nitrogens with zero attached hydrogens (tertiary/aromatic N) is 1. The molecule has 0 bridgehead atoms. The Morgan fingerprint density at radius 1 is 1.43 bits per heavy atom. The van der Waals surface area contributed by atoms with E-state index < -0.39 is 0 Å². The molecule has 1 saturated heterocycles. The first kappa shape index (κ1) is 17.8. The Morgan fingerprint density at radius 2 is 2.26 bits per heavy atom. The highest BCUT2D eigenvalue weighted by molar-refractivity contribution is 6.30. The van der Waals surface area contributed by atoms with Gasteiger partial charge in [0.2, 0.25) is 0 Å². The first-order valence-electron chi connectivity index (χ1n) is 7.38. The number of carbonyl (C=O) groups is 1. The summed E-state index contributed by atoms with van der Waals surface area (Å²) in [4.78, 5) is 12.3. The monoisotopic (exact) mass is 355 g/mol. The van der Waals surface area contributed by atoms with Gasteiger partial charge < -0.3 is 15.2 Å². The standard InChI is InChI=1S/C16H18ClN3O2.ClH/c1-10-9-18-6-5-13(10)19-16(21)14-8-15(22-20-14)11-3-2-4-12(17)7-11;/h2-4,7-8,10,13,18H,5-6,9H2,1H3,(H,19,21);1H. The third-order valence-corrected chi connectivity index (χ3v) is 4.19. The summed E-state index contributed by atoms with van der Waals surface area (Å²) in [6.45, 7) is 3.96. The highest BCUT2D eigenvalue weighted by Gasteiger charge is 2.24. The zero-order valence-electron chi connectivity index (χ0n) is 12.7. The first-order chi connectivity index (χ1) is 10.6. The van der Waals surface area contributed by atoms with Crippen LogP contribution in [0.1, 0.15) is 23.8 Å². The summed E-state index contributed by atoms with van der Waals surface area (Å²) in [6, 6.07) is 9.07. The number of piperidine rings is 1. The maximum atomic E-state index is 12.3. The van der Waals surface area contributed by atoms with Crippen LogP contribution in [0, 0.1) is 5.92 Å². The summed E-state index contributed by atoms with van der Waals surface area (Å²) < 4.78 is 5.26. The summed E-state index contributed by atoms with van der Waals surface area (Å²) >= 11 is 5.96. The minimum absolute atomic E-state index is 0. The lowest BCUT2D eigenvalue weighted by Crippen LogP contribution is -2.48. The fraction of sp³-hybridized carbons (Fsp3) is 0.375. The van der Waals surface area contributed by atoms with Crippen LogP contribution in [0.15, 0.2) is 34.9 Å². The van der Waals surface area contributed by atoms with Crippen LogP contribution in [-0.4, -0.2) is 30.2 Å². The Hall–Kier alpha value is -1.56. The Bertz CT molecular complexity index is 675. The van der Waals surface area contributed by atoms with Gasteiger partial charge in [-0.25, -0.2) is 0 Å². The van der Waals surface area contributed by atoms with Crippen LogP contribution in [0.2, 0.25) is 5.02 Å². The maximum Gasteiger partial charge on any atom is 0.273 e. The van der Waals surface area contributed by atoms with E-state index in [4.69, 9.17) is 16.1 Å². The fourth-order valence-corrected chi connectivity index (χ4v) is 2.82. The van der Waals surface area contributed by atoms with E-state index in [2.05, 4.69) is 22.7 Å². The average Bonchev–Trinajstić information content (AvgIpc) is 2.99. The Kier molecular flexibility index (Phi) is 6.04. The van der Waals surface area contributed by atoms with Crippen LogP contribution >= 0.6 is 24.0 Å². The number of hydrogen-bond donors (Lipinski definition) is 2. The van der Waals surface area contributed by atoms with Crippen molar-refractivity contribution in [1.29, 1.82) is 0 Å². The van der Waals surface area contributed by atoms with Crippen molar-refractivity contribution < 1.29 is 9.32 Å². The third kappa shape index (κ3) is 4.25. The van der Waals surface area contributed by atoms with E-state index in [9.17, 15) is 4.79 Å². The lowest BCUT2D eigenvalue weighted by atomic mass is 9.95. The molecule has 1 fully saturated rings. The molecule has 124 valence electrons. The number of carbonyl (C=O) groups excluding carboxylic acids is 1. The molecule has 2 aromatic rings. The highest BCUT2D eigenvalue weighted by Crippen LogP contribution is 2.23. The SMILES string of the molecule is CC1CNCCC1NC(=O)c1cc(-c2cccc(Cl)c2)on1.Cl. The summed E-state index contributed by atoms with van der Waals surface area (Å²) in [5.74, 6) is 0.735. The van der Waals surface area contributed by atoms with Gasteiger partial charge in [-0.15, -0.1) is 12.4 Å². The number of halogens is 2. The normalized spacial score (nSPS) is 20.6. The number of aromatic nitrogens is 1. The molecule has 1 aromatic heterocycles. The van der Waals surface area contributed by atoms with Crippen LogP contribution in [0.5, 0.6) is 0 Å². The van der Waals surface area contributed by atoms with Gasteiger partial charge in [0.1, 0.15) is 0 Å². The quantitative estimate of drug-likeness (QED) is 0.887. The molecule has 1 aliphatic heterocycles. The van der Waals surface area contributed by atoms with E-state index in [1.54, 1.807) is 18.2 Å². The van der Waals surface area contributed by atoms with E-state index in [0.717, 1.165) is 25.1 Å². The van der Waals surface area contributed by atoms with Crippen molar-refractivity contribution in [2.24, 2.45) is 5.92 Å². The summed E-state index contributed by atoms with van der Waals surface area (Å²) in [5, 5.41) is 10.8. The minimum Gasteiger partial charge on any atom is -0.355 e. The van der Waals surface area contributed by atoms with Crippen molar-refractivity contribution in [3.63, 3.8) is 0 Å². The number of rotatable bonds is 3. The molecule has 2 N–H and O–H groups in total. The van der Waals surface area contributed by atoms with E-state index >= 15 is 0 Å². The Balaban J connectivity index is 0.00000192. The second-order valence-electron chi connectivity index (χ2n) is 5.64. The van der Waals surface area contributed by atoms with Crippen LogP contribution in [0.4, 0.5) is 0 Å². The summed E-state index contributed by atoms with van der Waals surface area (Å²) in [5.41, 5.74) is 1.09. The molecule has 0 spiro atoms. The first-order valence-corrected chi connectivity index (χ1v) is 7.75. The average molecular weight is 356 g/mol. The minimum atomic E-state index is -0.198. The molecule has 0 radical (unpaired) electrons. The second-order valence-corrected chi connectivity index (χ2v) is 6.07. The molecule has 2 heterocycles. The van der Waals surface area contributed by atoms with Gasteiger partial charge in [0.25, 0.3) is 5.91 Å². The molecule has 7 heteroatoms. The Labute approximate surface area is 146 Å². The van der Waals surface area contributed by atoms with Gasteiger partial charge in [0.05, 0.1) is 0 Å². The summed E-state index contributed by atoms with van der Waals surface area (Å²) in [6.07, 6.45) is 0.923. The zero-order chi connectivity index (χ0) is 15.5. The van der Waals surface area contributed by atoms with Crippen molar-refractivity contribution in [2.75, 3.05) is 13.1 Å². The number of benzene rings is 1. The number of nitrogens with one attached hydrogen (secondary N) is 2. The van der Waals surface area contributed by atoms with Gasteiger partial charge in [-0.1, -0.05) is 35.8 Å². The highest BCUT2D eigenvalue weighted by atomic mass is 35.5. The van der Waals surface area contributed by atoms with Crippen molar-refractivity contribution in [3.8, 4) is 11.3 Å². The maximum absolute atomic E-state index is 12.3. The molecular formula is C16H19Cl2N3O2. The molecule has 0 aliphatic carbocycles. The zero-order valence-corrected chi connectivity index (χ0v) is 14.3. The van der Waals surface area contributed by atoms with Gasteiger partial charge in [-0.2, -0.15) is 0 Å². The predicted octanol–water partition coefficient (Wildman–Crippen LogP) is 3.14. The molecule has 2 unspecified atom stereocenters. The molecule has 1 aliphatic rings. The van der Waals surface area contributed by atoms with E-state index in [0.29, 0.717) is 22.4 Å².